The van der Waals surface area contributed by atoms with E-state index >= 15 is 4.39 Å². The van der Waals surface area contributed by atoms with Crippen LogP contribution in [-0.4, -0.2) is 61.0 Å². The lowest BCUT2D eigenvalue weighted by atomic mass is 10.0. The molecule has 14 nitrogen and oxygen atoms in total. The van der Waals surface area contributed by atoms with E-state index in [0.29, 0.717) is 44.8 Å². The summed E-state index contributed by atoms with van der Waals surface area (Å²) in [5, 5.41) is 13.3. The summed E-state index contributed by atoms with van der Waals surface area (Å²) in [4.78, 5) is 42.6. The van der Waals surface area contributed by atoms with Crippen LogP contribution in [-0.2, 0) is 26.8 Å². The average Bonchev–Trinajstić information content (AvgIpc) is 3.43. The van der Waals surface area contributed by atoms with Crippen molar-refractivity contribution in [2.24, 2.45) is 11.6 Å². The summed E-state index contributed by atoms with van der Waals surface area (Å²) >= 11 is 6.52. The number of halogens is 1. The lowest BCUT2D eigenvalue weighted by Crippen LogP contribution is -2.32. The molecule has 0 aliphatic carbocycles. The third kappa shape index (κ3) is 9.42. The third-order valence-corrected chi connectivity index (χ3v) is 12.0. The van der Waals surface area contributed by atoms with Crippen LogP contribution in [0.15, 0.2) is 83.5 Å². The minimum absolute atomic E-state index is 0.158. The van der Waals surface area contributed by atoms with Crippen molar-refractivity contribution in [2.75, 3.05) is 24.5 Å². The quantitative estimate of drug-likeness (QED) is 0.0380. The minimum atomic E-state index is -5.28. The number of carbonyl (C=O) groups excluding carboxylic acids is 1. The van der Waals surface area contributed by atoms with Crippen LogP contribution in [0.3, 0.4) is 0 Å². The molecule has 3 aromatic carbocycles. The molecule has 0 saturated carbocycles. The number of rotatable bonds is 14. The number of hydrogen-bond donors (Lipinski definition) is 9. The van der Waals surface area contributed by atoms with E-state index in [1.54, 1.807) is 24.3 Å². The Morgan fingerprint density at radius 2 is 1.83 bits per heavy atom. The van der Waals surface area contributed by atoms with Crippen molar-refractivity contribution in [3.05, 3.63) is 95.6 Å². The van der Waals surface area contributed by atoms with Gasteiger partial charge in [0.15, 0.2) is 0 Å². The van der Waals surface area contributed by atoms with Gasteiger partial charge in [-0.25, -0.2) is 9.18 Å². The SMILES string of the molecule is N/C=C(/CNCc1ccc(-c2ccc(N3C[C@H](CNC(=S)Sc4ccc(CC(O)([PH](=O)O)P(=O)(O)O)cc4)OC3=O)cc2F)cc1)NN. The molecule has 0 aromatic heterocycles. The van der Waals surface area contributed by atoms with E-state index in [4.69, 9.17) is 28.5 Å². The van der Waals surface area contributed by atoms with Gasteiger partial charge in [-0.2, -0.15) is 0 Å². The van der Waals surface area contributed by atoms with Gasteiger partial charge in [0.1, 0.15) is 16.2 Å². The second-order valence-corrected chi connectivity index (χ2v) is 16.1. The van der Waals surface area contributed by atoms with Crippen molar-refractivity contribution >= 4 is 55.7 Å². The normalized spacial score (nSPS) is 17.0. The van der Waals surface area contributed by atoms with Crippen LogP contribution in [0.5, 0.6) is 0 Å². The summed E-state index contributed by atoms with van der Waals surface area (Å²) in [6, 6.07) is 18.0. The maximum atomic E-state index is 15.2. The highest BCUT2D eigenvalue weighted by Crippen LogP contribution is 2.61. The van der Waals surface area contributed by atoms with E-state index in [2.05, 4.69) is 16.1 Å². The second-order valence-electron chi connectivity index (χ2n) is 10.7. The Balaban J connectivity index is 1.28. The van der Waals surface area contributed by atoms with Gasteiger partial charge >= 0.3 is 13.7 Å². The maximum absolute atomic E-state index is 15.2. The molecule has 1 fully saturated rings. The van der Waals surface area contributed by atoms with Crippen molar-refractivity contribution in [3.8, 4) is 11.1 Å². The number of amides is 1. The van der Waals surface area contributed by atoms with Gasteiger partial charge < -0.3 is 46.3 Å². The van der Waals surface area contributed by atoms with Crippen LogP contribution in [0.2, 0.25) is 0 Å². The Hall–Kier alpha value is -3.34. The summed E-state index contributed by atoms with van der Waals surface area (Å²) in [6.07, 6.45) is -0.544. The molecule has 2 unspecified atom stereocenters. The van der Waals surface area contributed by atoms with Gasteiger partial charge in [-0.3, -0.25) is 19.9 Å². The summed E-state index contributed by atoms with van der Waals surface area (Å²) in [7, 11) is -9.26. The molecule has 48 heavy (non-hydrogen) atoms. The fraction of sp³-hybridized carbons (Fsp3) is 0.241. The van der Waals surface area contributed by atoms with E-state index in [1.165, 1.54) is 29.3 Å². The van der Waals surface area contributed by atoms with Crippen LogP contribution in [0.4, 0.5) is 14.9 Å². The molecule has 1 aliphatic heterocycles. The molecule has 0 spiro atoms. The van der Waals surface area contributed by atoms with Crippen molar-refractivity contribution in [2.45, 2.75) is 29.0 Å². The van der Waals surface area contributed by atoms with Crippen LogP contribution in [0, 0.1) is 5.82 Å². The lowest BCUT2D eigenvalue weighted by molar-refractivity contribution is 0.143. The summed E-state index contributed by atoms with van der Waals surface area (Å²) < 4.78 is 44.0. The van der Waals surface area contributed by atoms with E-state index < -0.39 is 45.1 Å². The number of anilines is 1. The molecule has 1 saturated heterocycles. The number of aliphatic hydroxyl groups is 1. The topological polar surface area (TPSA) is 233 Å². The Kier molecular flexibility index (Phi) is 12.8. The van der Waals surface area contributed by atoms with Gasteiger partial charge in [-0.1, -0.05) is 60.4 Å². The number of nitrogens with zero attached hydrogens (tertiary/aromatic N) is 1. The number of benzene rings is 3. The smallest absolute Gasteiger partial charge is 0.414 e. The molecule has 11 N–H and O–H groups in total. The molecule has 258 valence electrons. The molecule has 1 aliphatic rings. The first-order chi connectivity index (χ1) is 22.7. The first-order valence-corrected chi connectivity index (χ1v) is 18.4. The van der Waals surface area contributed by atoms with E-state index in [9.17, 15) is 33.7 Å². The number of thioether (sulfide) groups is 1. The lowest BCUT2D eigenvalue weighted by Gasteiger charge is -2.25. The minimum Gasteiger partial charge on any atom is -0.442 e. The number of carbonyl (C=O) groups is 1. The van der Waals surface area contributed by atoms with Gasteiger partial charge in [0.2, 0.25) is 13.1 Å². The van der Waals surface area contributed by atoms with Gasteiger partial charge in [-0.15, -0.1) is 0 Å². The second kappa shape index (κ2) is 16.4. The van der Waals surface area contributed by atoms with Crippen molar-refractivity contribution in [1.82, 2.24) is 16.1 Å². The predicted molar refractivity (Wildman–Crippen MR) is 186 cm³/mol. The number of ether oxygens (including phenoxy) is 1. The van der Waals surface area contributed by atoms with Gasteiger partial charge in [0.25, 0.3) is 0 Å². The molecule has 3 atom stereocenters. The van der Waals surface area contributed by atoms with Crippen molar-refractivity contribution in [1.29, 1.82) is 0 Å². The van der Waals surface area contributed by atoms with Gasteiger partial charge in [0, 0.05) is 36.2 Å². The average molecular weight is 741 g/mol. The third-order valence-electron chi connectivity index (χ3n) is 7.32. The molecule has 1 heterocycles. The van der Waals surface area contributed by atoms with Crippen LogP contribution in [0.1, 0.15) is 11.1 Å². The van der Waals surface area contributed by atoms with Crippen LogP contribution in [0.25, 0.3) is 11.1 Å². The standard InChI is InChI=1S/C29H35FN6O8P2S2/c30-26-11-22(7-10-25(26)20-5-1-19(2-6-20)14-33-15-21(13-31)35-32)36-17-23(44-28(36)37)16-34-27(47)48-24-8-3-18(4-9-24)12-29(38,45(39)40)46(41,42)43/h1-11,13,23,33,35,38,45H,12,14-17,31-32H2,(H,34,47)(H,39,40)(H2,41,42,43)/b21-13-/t23-,29?/m0/s1. The number of hydrogen-bond acceptors (Lipinski definition) is 11. The Bertz CT molecular complexity index is 1730. The predicted octanol–water partition coefficient (Wildman–Crippen LogP) is 2.67. The first-order valence-electron chi connectivity index (χ1n) is 14.2. The maximum Gasteiger partial charge on any atom is 0.414 e. The van der Waals surface area contributed by atoms with E-state index in [0.717, 1.165) is 17.3 Å². The molecule has 4 rings (SSSR count). The van der Waals surface area contributed by atoms with Crippen molar-refractivity contribution < 1.29 is 42.8 Å². The fourth-order valence-corrected chi connectivity index (χ4v) is 7.40. The number of cyclic esters (lactones) is 1. The highest BCUT2D eigenvalue weighted by molar-refractivity contribution is 8.23. The van der Waals surface area contributed by atoms with Crippen LogP contribution < -0.4 is 32.5 Å². The largest absolute Gasteiger partial charge is 0.442 e. The number of thiocarbonyl (C=S) groups is 1. The summed E-state index contributed by atoms with van der Waals surface area (Å²) in [5.41, 5.74) is 11.2. The highest BCUT2D eigenvalue weighted by atomic mass is 32.2. The number of hydrazine groups is 1. The zero-order valence-electron chi connectivity index (χ0n) is 25.2. The Labute approximate surface area is 285 Å². The number of nitrogens with one attached hydrogen (secondary N) is 3. The molecular formula is C29H35FN6O8P2S2. The Morgan fingerprint density at radius 3 is 2.42 bits per heavy atom. The molecule has 19 heteroatoms. The highest BCUT2D eigenvalue weighted by Gasteiger charge is 2.50. The van der Waals surface area contributed by atoms with Gasteiger partial charge in [-0.05, 0) is 47.0 Å². The molecule has 0 radical (unpaired) electrons. The van der Waals surface area contributed by atoms with E-state index in [1.807, 2.05) is 24.3 Å². The summed E-state index contributed by atoms with van der Waals surface area (Å²) in [5.74, 6) is 4.86. The molecule has 0 bridgehead atoms. The zero-order valence-corrected chi connectivity index (χ0v) is 28.7. The monoisotopic (exact) mass is 740 g/mol. The van der Waals surface area contributed by atoms with Crippen molar-refractivity contribution in [3.63, 3.8) is 0 Å². The Morgan fingerprint density at radius 1 is 1.17 bits per heavy atom. The van der Waals surface area contributed by atoms with E-state index in [-0.39, 0.29) is 18.7 Å². The zero-order chi connectivity index (χ0) is 35.1. The summed E-state index contributed by atoms with van der Waals surface area (Å²) in [6.45, 7) is 1.35. The number of nitrogens with two attached hydrogens (primary N) is 2. The van der Waals surface area contributed by atoms with Crippen LogP contribution >= 0.6 is 39.6 Å². The first kappa shape index (κ1) is 37.5. The molecule has 1 amide bonds. The fourth-order valence-electron chi connectivity index (χ4n) is 4.65. The van der Waals surface area contributed by atoms with Gasteiger partial charge in [0.05, 0.1) is 24.5 Å². The molecular weight excluding hydrogens is 705 g/mol. The molecule has 3 aromatic rings.